The number of phosphoric acid groups is 1. The number of phosphoric ester groups is 1. The number of esters is 1. The summed E-state index contributed by atoms with van der Waals surface area (Å²) in [5, 5.41) is 11.4. The topological polar surface area (TPSA) is 101 Å². The van der Waals surface area contributed by atoms with Gasteiger partial charge in [-0.2, -0.15) is 0 Å². The maximum absolute atomic E-state index is 14.3. The zero-order valence-corrected chi connectivity index (χ0v) is 31.6. The monoisotopic (exact) mass is 740 g/mol. The molecule has 2 aliphatic rings. The van der Waals surface area contributed by atoms with Gasteiger partial charge < -0.3 is 14.6 Å². The first-order valence-corrected chi connectivity index (χ1v) is 20.6. The number of aliphatic hydroxyl groups excluding tert-OH is 1. The summed E-state index contributed by atoms with van der Waals surface area (Å²) >= 11 is 0. The summed E-state index contributed by atoms with van der Waals surface area (Å²) in [4.78, 5) is 12.5. The first kappa shape index (κ1) is 38.9. The molecular weight excluding hydrogens is 687 g/mol. The first-order chi connectivity index (χ1) is 25.9. The van der Waals surface area contributed by atoms with Crippen molar-refractivity contribution >= 4 is 13.8 Å². The molecule has 53 heavy (non-hydrogen) atoms. The number of ether oxygens (including phenoxy) is 2. The van der Waals surface area contributed by atoms with Crippen LogP contribution in [0.5, 0.6) is 5.75 Å². The molecule has 282 valence electrons. The third-order valence-corrected chi connectivity index (χ3v) is 12.1. The molecule has 0 saturated heterocycles. The van der Waals surface area contributed by atoms with Crippen molar-refractivity contribution in [3.8, 4) is 5.75 Å². The van der Waals surface area contributed by atoms with E-state index in [2.05, 4.69) is 13.0 Å². The zero-order valence-electron chi connectivity index (χ0n) is 30.7. The molecule has 0 aliphatic heterocycles. The van der Waals surface area contributed by atoms with Gasteiger partial charge in [0, 0.05) is 0 Å². The van der Waals surface area contributed by atoms with E-state index in [0.29, 0.717) is 30.4 Å². The van der Waals surface area contributed by atoms with Crippen molar-refractivity contribution in [3.05, 3.63) is 137 Å². The van der Waals surface area contributed by atoms with Crippen molar-refractivity contribution < 1.29 is 37.5 Å². The van der Waals surface area contributed by atoms with E-state index in [-0.39, 0.29) is 38.4 Å². The van der Waals surface area contributed by atoms with Crippen molar-refractivity contribution in [3.63, 3.8) is 0 Å². The number of unbranched alkanes of at least 4 members (excludes halogenated alkanes) is 2. The summed E-state index contributed by atoms with van der Waals surface area (Å²) in [7, 11) is -3.95. The van der Waals surface area contributed by atoms with Crippen LogP contribution in [0.25, 0.3) is 0 Å². The summed E-state index contributed by atoms with van der Waals surface area (Å²) in [6.07, 6.45) is 6.70. The third kappa shape index (κ3) is 11.4. The Morgan fingerprint density at radius 2 is 1.40 bits per heavy atom. The number of benzene rings is 4. The van der Waals surface area contributed by atoms with Crippen LogP contribution in [-0.4, -0.2) is 29.9 Å². The zero-order chi connectivity index (χ0) is 36.9. The van der Waals surface area contributed by atoms with E-state index in [0.717, 1.165) is 67.2 Å². The molecule has 0 unspecified atom stereocenters. The van der Waals surface area contributed by atoms with Crippen molar-refractivity contribution in [2.45, 2.75) is 96.7 Å². The predicted octanol–water partition coefficient (Wildman–Crippen LogP) is 9.81. The van der Waals surface area contributed by atoms with Crippen molar-refractivity contribution in [1.29, 1.82) is 0 Å². The van der Waals surface area contributed by atoms with Crippen LogP contribution in [0.4, 0.5) is 0 Å². The van der Waals surface area contributed by atoms with E-state index in [1.807, 2.05) is 103 Å². The van der Waals surface area contributed by atoms with Gasteiger partial charge in [0.15, 0.2) is 6.61 Å². The second kappa shape index (κ2) is 19.5. The summed E-state index contributed by atoms with van der Waals surface area (Å²) in [5.41, 5.74) is 5.02. The molecule has 4 aromatic rings. The van der Waals surface area contributed by atoms with Gasteiger partial charge in [0.25, 0.3) is 0 Å². The molecule has 0 radical (unpaired) electrons. The lowest BCUT2D eigenvalue weighted by Crippen LogP contribution is -2.28. The number of carbonyl (C=O) groups excluding carboxylic acids is 1. The van der Waals surface area contributed by atoms with E-state index in [4.69, 9.17) is 23.0 Å². The summed E-state index contributed by atoms with van der Waals surface area (Å²) in [6.45, 7) is 2.44. The minimum atomic E-state index is -3.95. The lowest BCUT2D eigenvalue weighted by molar-refractivity contribution is -0.147. The Kier molecular flexibility index (Phi) is 14.3. The molecule has 0 bridgehead atoms. The summed E-state index contributed by atoms with van der Waals surface area (Å²) in [5.74, 6) is 0.980. The largest absolute Gasteiger partial charge is 0.482 e. The Morgan fingerprint density at radius 1 is 0.774 bits per heavy atom. The van der Waals surface area contributed by atoms with Gasteiger partial charge in [-0.15, -0.1) is 0 Å². The fourth-order valence-electron chi connectivity index (χ4n) is 7.84. The van der Waals surface area contributed by atoms with Crippen LogP contribution >= 0.6 is 7.82 Å². The van der Waals surface area contributed by atoms with Gasteiger partial charge in [-0.25, -0.2) is 9.36 Å². The quantitative estimate of drug-likeness (QED) is 0.0543. The second-order valence-electron chi connectivity index (χ2n) is 14.4. The number of fused-ring (bicyclic) bond motifs is 2. The molecule has 4 aromatic carbocycles. The molecule has 2 aliphatic carbocycles. The van der Waals surface area contributed by atoms with Crippen LogP contribution in [0.2, 0.25) is 0 Å². The molecule has 5 atom stereocenters. The molecule has 8 nitrogen and oxygen atoms in total. The molecule has 9 heteroatoms. The Morgan fingerprint density at radius 3 is 2.02 bits per heavy atom. The lowest BCUT2D eigenvalue weighted by Gasteiger charge is -2.33. The SMILES string of the molecule is CCCCC[C@@H](CC[C@@H]1[C@H]2Cc3cccc(OCC(=O)OCc4ccccc4)c3C[C@H]2C[C@H]1O)OP(=O)(OCc1ccccc1)OCc1ccccc1. The molecule has 0 amide bonds. The van der Waals surface area contributed by atoms with E-state index >= 15 is 0 Å². The van der Waals surface area contributed by atoms with Gasteiger partial charge in [0.05, 0.1) is 25.4 Å². The molecule has 0 heterocycles. The standard InChI is InChI=1S/C44H53O8P/c1-2-3-7-22-38(52-53(47,50-30-34-17-10-5-11-18-34)51-31-35-19-12-6-13-20-35)24-25-39-40-26-36-21-14-23-43(41(36)27-37(40)28-42(39)45)48-32-44(46)49-29-33-15-8-4-9-16-33/h4-6,8-21,23,37-40,42,45H,2-3,7,22,24-32H2,1H3/t37-,38-,39+,40-,42+/m0/s1. The number of hydrogen-bond acceptors (Lipinski definition) is 8. The molecule has 1 fully saturated rings. The highest BCUT2D eigenvalue weighted by atomic mass is 31.2. The molecule has 6 rings (SSSR count). The average molecular weight is 741 g/mol. The van der Waals surface area contributed by atoms with Crippen LogP contribution in [0, 0.1) is 17.8 Å². The number of carbonyl (C=O) groups is 1. The Balaban J connectivity index is 1.09. The summed E-state index contributed by atoms with van der Waals surface area (Å²) in [6, 6.07) is 34.9. The normalized spacial score (nSPS) is 20.0. The van der Waals surface area contributed by atoms with Crippen LogP contribution in [0.15, 0.2) is 109 Å². The van der Waals surface area contributed by atoms with Crippen LogP contribution in [0.1, 0.15) is 79.7 Å². The highest BCUT2D eigenvalue weighted by Crippen LogP contribution is 2.54. The van der Waals surface area contributed by atoms with E-state index in [9.17, 15) is 14.5 Å². The fourth-order valence-corrected chi connectivity index (χ4v) is 9.23. The minimum absolute atomic E-state index is 0.0813. The predicted molar refractivity (Wildman–Crippen MR) is 205 cm³/mol. The lowest BCUT2D eigenvalue weighted by atomic mass is 9.73. The van der Waals surface area contributed by atoms with Gasteiger partial charge in [0.2, 0.25) is 0 Å². The average Bonchev–Trinajstić information content (AvgIpc) is 3.50. The highest BCUT2D eigenvalue weighted by molar-refractivity contribution is 7.48. The number of hydrogen-bond donors (Lipinski definition) is 1. The fraction of sp³-hybridized carbons (Fsp3) is 0.432. The Hall–Kier alpha value is -3.78. The molecule has 1 N–H and O–H groups in total. The smallest absolute Gasteiger partial charge is 0.475 e. The number of rotatable bonds is 20. The van der Waals surface area contributed by atoms with Crippen molar-refractivity contribution in [2.24, 2.45) is 17.8 Å². The molecule has 1 saturated carbocycles. The molecule has 0 aromatic heterocycles. The van der Waals surface area contributed by atoms with Crippen molar-refractivity contribution in [1.82, 2.24) is 0 Å². The summed E-state index contributed by atoms with van der Waals surface area (Å²) < 4.78 is 44.1. The Labute approximate surface area is 314 Å². The van der Waals surface area contributed by atoms with Crippen LogP contribution < -0.4 is 4.74 Å². The number of aliphatic hydroxyl groups is 1. The minimum Gasteiger partial charge on any atom is -0.482 e. The van der Waals surface area contributed by atoms with Gasteiger partial charge >= 0.3 is 13.8 Å². The van der Waals surface area contributed by atoms with Gasteiger partial charge in [0.1, 0.15) is 12.4 Å². The third-order valence-electron chi connectivity index (χ3n) is 10.6. The molecule has 0 spiro atoms. The van der Waals surface area contributed by atoms with Gasteiger partial charge in [-0.1, -0.05) is 129 Å². The van der Waals surface area contributed by atoms with Gasteiger partial charge in [-0.05, 0) is 90.2 Å². The van der Waals surface area contributed by atoms with E-state index in [1.165, 1.54) is 5.56 Å². The maximum Gasteiger partial charge on any atom is 0.475 e. The van der Waals surface area contributed by atoms with Gasteiger partial charge in [-0.3, -0.25) is 13.6 Å². The first-order valence-electron chi connectivity index (χ1n) is 19.2. The highest BCUT2D eigenvalue weighted by Gasteiger charge is 2.45. The second-order valence-corrected chi connectivity index (χ2v) is 16.0. The van der Waals surface area contributed by atoms with Crippen LogP contribution in [0.3, 0.4) is 0 Å². The Bertz CT molecular complexity index is 1700. The molecular formula is C44H53O8P. The van der Waals surface area contributed by atoms with Crippen molar-refractivity contribution in [2.75, 3.05) is 6.61 Å². The van der Waals surface area contributed by atoms with Crippen LogP contribution in [-0.2, 0) is 60.3 Å². The van der Waals surface area contributed by atoms with E-state index in [1.54, 1.807) is 0 Å². The maximum atomic E-state index is 14.3. The van der Waals surface area contributed by atoms with E-state index < -0.39 is 19.9 Å².